The number of carbonyl (C=O) groups excluding carboxylic acids is 3. The van der Waals surface area contributed by atoms with E-state index in [0.717, 1.165) is 37.3 Å². The van der Waals surface area contributed by atoms with E-state index in [4.69, 9.17) is 4.74 Å². The van der Waals surface area contributed by atoms with Crippen molar-refractivity contribution in [3.63, 3.8) is 0 Å². The standard InChI is InChI=1S/C21H25N5O4/c1-15-5-7-16(8-6-15)22-19(27)13-25(2)20(28)14-30-21(29)17-9-10-18(24-23-17)26-11-3-4-12-26/h5-10H,3-4,11-14H2,1-2H3,(H,22,27). The summed E-state index contributed by atoms with van der Waals surface area (Å²) in [4.78, 5) is 39.6. The lowest BCUT2D eigenvalue weighted by Crippen LogP contribution is -2.37. The molecule has 0 aliphatic carbocycles. The Morgan fingerprint density at radius 3 is 2.40 bits per heavy atom. The van der Waals surface area contributed by atoms with Gasteiger partial charge in [0, 0.05) is 25.8 Å². The van der Waals surface area contributed by atoms with E-state index in [1.807, 2.05) is 19.1 Å². The van der Waals surface area contributed by atoms with Gasteiger partial charge in [-0.05, 0) is 44.0 Å². The number of ether oxygens (including phenoxy) is 1. The zero-order chi connectivity index (χ0) is 21.5. The molecule has 0 spiro atoms. The lowest BCUT2D eigenvalue weighted by atomic mass is 10.2. The second-order valence-corrected chi connectivity index (χ2v) is 7.21. The van der Waals surface area contributed by atoms with Gasteiger partial charge in [-0.15, -0.1) is 10.2 Å². The first-order valence-electron chi connectivity index (χ1n) is 9.78. The normalized spacial score (nSPS) is 13.1. The van der Waals surface area contributed by atoms with Gasteiger partial charge in [-0.3, -0.25) is 9.59 Å². The largest absolute Gasteiger partial charge is 0.451 e. The summed E-state index contributed by atoms with van der Waals surface area (Å²) in [5.74, 6) is -0.853. The summed E-state index contributed by atoms with van der Waals surface area (Å²) in [6, 6.07) is 10.6. The highest BCUT2D eigenvalue weighted by Crippen LogP contribution is 2.16. The van der Waals surface area contributed by atoms with Crippen LogP contribution in [-0.2, 0) is 14.3 Å². The molecule has 1 fully saturated rings. The summed E-state index contributed by atoms with van der Waals surface area (Å²) in [6.07, 6.45) is 2.23. The highest BCUT2D eigenvalue weighted by atomic mass is 16.5. The lowest BCUT2D eigenvalue weighted by molar-refractivity contribution is -0.136. The van der Waals surface area contributed by atoms with Crippen molar-refractivity contribution in [2.45, 2.75) is 19.8 Å². The van der Waals surface area contributed by atoms with E-state index >= 15 is 0 Å². The molecular weight excluding hydrogens is 386 g/mol. The molecule has 2 heterocycles. The van der Waals surface area contributed by atoms with E-state index in [2.05, 4.69) is 20.4 Å². The molecule has 30 heavy (non-hydrogen) atoms. The topological polar surface area (TPSA) is 105 Å². The van der Waals surface area contributed by atoms with Crippen LogP contribution in [-0.4, -0.2) is 66.2 Å². The number of esters is 1. The van der Waals surface area contributed by atoms with Crippen molar-refractivity contribution in [3.8, 4) is 0 Å². The molecule has 0 bridgehead atoms. The SMILES string of the molecule is Cc1ccc(NC(=O)CN(C)C(=O)COC(=O)c2ccc(N3CCCC3)nn2)cc1. The molecule has 3 rings (SSSR count). The summed E-state index contributed by atoms with van der Waals surface area (Å²) >= 11 is 0. The molecule has 1 aromatic heterocycles. The van der Waals surface area contributed by atoms with Gasteiger partial charge in [0.2, 0.25) is 5.91 Å². The van der Waals surface area contributed by atoms with Crippen molar-refractivity contribution in [3.05, 3.63) is 47.7 Å². The smallest absolute Gasteiger partial charge is 0.359 e. The first-order chi connectivity index (χ1) is 14.4. The molecular formula is C21H25N5O4. The summed E-state index contributed by atoms with van der Waals surface area (Å²) in [6.45, 7) is 3.16. The highest BCUT2D eigenvalue weighted by Gasteiger charge is 2.18. The van der Waals surface area contributed by atoms with E-state index in [1.165, 1.54) is 18.0 Å². The van der Waals surface area contributed by atoms with Gasteiger partial charge < -0.3 is 19.9 Å². The molecule has 9 nitrogen and oxygen atoms in total. The Labute approximate surface area is 175 Å². The second kappa shape index (κ2) is 9.82. The van der Waals surface area contributed by atoms with Crippen LogP contribution in [0.2, 0.25) is 0 Å². The maximum atomic E-state index is 12.2. The average molecular weight is 411 g/mol. The number of hydrogen-bond acceptors (Lipinski definition) is 7. The van der Waals surface area contributed by atoms with E-state index in [1.54, 1.807) is 18.2 Å². The van der Waals surface area contributed by atoms with E-state index in [9.17, 15) is 14.4 Å². The number of likely N-dealkylation sites (N-methyl/N-ethyl adjacent to an activating group) is 1. The zero-order valence-corrected chi connectivity index (χ0v) is 17.1. The maximum Gasteiger partial charge on any atom is 0.359 e. The Kier molecular flexibility index (Phi) is 6.95. The number of aryl methyl sites for hydroxylation is 1. The molecule has 9 heteroatoms. The quantitative estimate of drug-likeness (QED) is 0.691. The van der Waals surface area contributed by atoms with Gasteiger partial charge in [0.25, 0.3) is 5.91 Å². The minimum absolute atomic E-state index is 0.0329. The number of rotatable bonds is 7. The summed E-state index contributed by atoms with van der Waals surface area (Å²) in [5.41, 5.74) is 1.76. The molecule has 2 amide bonds. The summed E-state index contributed by atoms with van der Waals surface area (Å²) in [7, 11) is 1.47. The summed E-state index contributed by atoms with van der Waals surface area (Å²) in [5, 5.41) is 10.7. The molecule has 0 atom stereocenters. The number of nitrogens with one attached hydrogen (secondary N) is 1. The molecule has 0 radical (unpaired) electrons. The Morgan fingerprint density at radius 1 is 1.07 bits per heavy atom. The molecule has 1 aromatic carbocycles. The monoisotopic (exact) mass is 411 g/mol. The Bertz CT molecular complexity index is 893. The minimum atomic E-state index is -0.735. The van der Waals surface area contributed by atoms with Gasteiger partial charge >= 0.3 is 5.97 Å². The number of benzene rings is 1. The molecule has 0 saturated carbocycles. The van der Waals surface area contributed by atoms with Gasteiger partial charge in [0.05, 0.1) is 6.54 Å². The molecule has 1 aliphatic rings. The Morgan fingerprint density at radius 2 is 1.77 bits per heavy atom. The van der Waals surface area contributed by atoms with Gasteiger partial charge in [-0.2, -0.15) is 0 Å². The van der Waals surface area contributed by atoms with E-state index in [0.29, 0.717) is 5.69 Å². The van der Waals surface area contributed by atoms with Crippen molar-refractivity contribution < 1.29 is 19.1 Å². The van der Waals surface area contributed by atoms with Crippen LogP contribution >= 0.6 is 0 Å². The maximum absolute atomic E-state index is 12.2. The fourth-order valence-corrected chi connectivity index (χ4v) is 3.00. The van der Waals surface area contributed by atoms with Crippen LogP contribution in [0.15, 0.2) is 36.4 Å². The third-order valence-corrected chi connectivity index (χ3v) is 4.76. The lowest BCUT2D eigenvalue weighted by Gasteiger charge is -2.17. The third-order valence-electron chi connectivity index (χ3n) is 4.76. The molecule has 0 unspecified atom stereocenters. The van der Waals surface area contributed by atoms with Gasteiger partial charge in [0.15, 0.2) is 18.1 Å². The van der Waals surface area contributed by atoms with Crippen LogP contribution in [0.4, 0.5) is 11.5 Å². The molecule has 2 aromatic rings. The fraction of sp³-hybridized carbons (Fsp3) is 0.381. The predicted molar refractivity (Wildman–Crippen MR) is 111 cm³/mol. The Balaban J connectivity index is 1.43. The van der Waals surface area contributed by atoms with Crippen LogP contribution in [0.25, 0.3) is 0 Å². The van der Waals surface area contributed by atoms with Crippen molar-refractivity contribution >= 4 is 29.3 Å². The van der Waals surface area contributed by atoms with Crippen molar-refractivity contribution in [1.29, 1.82) is 0 Å². The van der Waals surface area contributed by atoms with Crippen LogP contribution < -0.4 is 10.2 Å². The molecule has 1 saturated heterocycles. The van der Waals surface area contributed by atoms with Crippen LogP contribution in [0.3, 0.4) is 0 Å². The number of carbonyl (C=O) groups is 3. The number of anilines is 2. The van der Waals surface area contributed by atoms with Gasteiger partial charge in [-0.25, -0.2) is 4.79 Å². The van der Waals surface area contributed by atoms with Gasteiger partial charge in [0.1, 0.15) is 0 Å². The fourth-order valence-electron chi connectivity index (χ4n) is 3.00. The number of amides is 2. The van der Waals surface area contributed by atoms with Crippen molar-refractivity contribution in [1.82, 2.24) is 15.1 Å². The van der Waals surface area contributed by atoms with Crippen molar-refractivity contribution in [2.24, 2.45) is 0 Å². The number of hydrogen-bond donors (Lipinski definition) is 1. The first-order valence-corrected chi connectivity index (χ1v) is 9.78. The third kappa shape index (κ3) is 5.76. The average Bonchev–Trinajstić information content (AvgIpc) is 3.28. The number of nitrogens with zero attached hydrogens (tertiary/aromatic N) is 4. The van der Waals surface area contributed by atoms with Crippen LogP contribution in [0.5, 0.6) is 0 Å². The van der Waals surface area contributed by atoms with Crippen LogP contribution in [0, 0.1) is 6.92 Å². The van der Waals surface area contributed by atoms with Crippen LogP contribution in [0.1, 0.15) is 28.9 Å². The summed E-state index contributed by atoms with van der Waals surface area (Å²) < 4.78 is 5.01. The Hall–Kier alpha value is -3.49. The zero-order valence-electron chi connectivity index (χ0n) is 17.1. The van der Waals surface area contributed by atoms with Crippen molar-refractivity contribution in [2.75, 3.05) is 43.5 Å². The minimum Gasteiger partial charge on any atom is -0.451 e. The molecule has 158 valence electrons. The van der Waals surface area contributed by atoms with Gasteiger partial charge in [-0.1, -0.05) is 17.7 Å². The molecule has 1 N–H and O–H groups in total. The first kappa shape index (κ1) is 21.2. The molecule has 1 aliphatic heterocycles. The predicted octanol–water partition coefficient (Wildman–Crippen LogP) is 1.64. The number of aromatic nitrogens is 2. The van der Waals surface area contributed by atoms with E-state index < -0.39 is 18.5 Å². The second-order valence-electron chi connectivity index (χ2n) is 7.21. The van der Waals surface area contributed by atoms with E-state index in [-0.39, 0.29) is 18.1 Å². The highest BCUT2D eigenvalue weighted by molar-refractivity contribution is 5.95.